The lowest BCUT2D eigenvalue weighted by Gasteiger charge is -2.16. The number of amides is 2. The number of pyridine rings is 2. The number of hydrogen-bond acceptors (Lipinski definition) is 7. The molecule has 1 aliphatic rings. The van der Waals surface area contributed by atoms with Crippen molar-refractivity contribution in [1.82, 2.24) is 19.9 Å². The standard InChI is InChI=1S/C20H17F2N5O4/c1-11-4-12(24-5-16(11)31-9-17(21)22)6-27-7-14-13(20(27)29)2-3-23-18(14)26-19(28)15-8-30-10-25-15/h2-5,8,10,17H,6-7,9H2,1H3,(H,23,26,28). The number of aryl methyl sites for hydroxylation is 1. The Morgan fingerprint density at radius 1 is 1.35 bits per heavy atom. The number of halogens is 2. The molecule has 0 radical (unpaired) electrons. The first-order valence-corrected chi connectivity index (χ1v) is 9.25. The molecule has 11 heteroatoms. The molecule has 1 aliphatic heterocycles. The number of ether oxygens (including phenoxy) is 1. The van der Waals surface area contributed by atoms with Gasteiger partial charge in [-0.15, -0.1) is 0 Å². The maximum Gasteiger partial charge on any atom is 0.278 e. The lowest BCUT2D eigenvalue weighted by molar-refractivity contribution is 0.0762. The first kappa shape index (κ1) is 20.4. The maximum absolute atomic E-state index is 12.8. The van der Waals surface area contributed by atoms with Gasteiger partial charge in [0.2, 0.25) is 0 Å². The van der Waals surface area contributed by atoms with Crippen LogP contribution < -0.4 is 10.1 Å². The molecule has 4 rings (SSSR count). The van der Waals surface area contributed by atoms with Crippen LogP contribution in [-0.2, 0) is 13.1 Å². The molecule has 0 unspecified atom stereocenters. The normalized spacial score (nSPS) is 12.9. The maximum atomic E-state index is 12.8. The number of carbonyl (C=O) groups is 2. The average molecular weight is 429 g/mol. The van der Waals surface area contributed by atoms with Crippen molar-refractivity contribution >= 4 is 17.6 Å². The van der Waals surface area contributed by atoms with Gasteiger partial charge in [0.1, 0.15) is 24.4 Å². The zero-order valence-corrected chi connectivity index (χ0v) is 16.3. The van der Waals surface area contributed by atoms with Crippen LogP contribution in [0, 0.1) is 6.92 Å². The summed E-state index contributed by atoms with van der Waals surface area (Å²) in [6.07, 6.45) is 2.58. The summed E-state index contributed by atoms with van der Waals surface area (Å²) >= 11 is 0. The number of aromatic nitrogens is 3. The van der Waals surface area contributed by atoms with Crippen molar-refractivity contribution < 1.29 is 27.5 Å². The fourth-order valence-electron chi connectivity index (χ4n) is 3.21. The van der Waals surface area contributed by atoms with E-state index in [4.69, 9.17) is 9.15 Å². The van der Waals surface area contributed by atoms with Gasteiger partial charge >= 0.3 is 0 Å². The van der Waals surface area contributed by atoms with E-state index in [1.807, 2.05) is 0 Å². The number of fused-ring (bicyclic) bond motifs is 1. The van der Waals surface area contributed by atoms with E-state index in [1.54, 1.807) is 24.0 Å². The van der Waals surface area contributed by atoms with Gasteiger partial charge in [0, 0.05) is 17.3 Å². The van der Waals surface area contributed by atoms with Crippen LogP contribution in [0.2, 0.25) is 0 Å². The summed E-state index contributed by atoms with van der Waals surface area (Å²) in [4.78, 5) is 38.8. The van der Waals surface area contributed by atoms with Crippen LogP contribution in [0.4, 0.5) is 14.6 Å². The van der Waals surface area contributed by atoms with Gasteiger partial charge in [-0.05, 0) is 24.6 Å². The predicted molar refractivity (Wildman–Crippen MR) is 103 cm³/mol. The molecule has 0 aromatic carbocycles. The van der Waals surface area contributed by atoms with E-state index >= 15 is 0 Å². The van der Waals surface area contributed by atoms with Crippen LogP contribution in [0.5, 0.6) is 5.75 Å². The molecule has 0 saturated carbocycles. The zero-order valence-electron chi connectivity index (χ0n) is 16.3. The van der Waals surface area contributed by atoms with Crippen molar-refractivity contribution in [3.8, 4) is 5.75 Å². The highest BCUT2D eigenvalue weighted by molar-refractivity contribution is 6.05. The number of nitrogens with one attached hydrogen (secondary N) is 1. The van der Waals surface area contributed by atoms with Gasteiger partial charge in [0.05, 0.1) is 25.0 Å². The molecule has 160 valence electrons. The quantitative estimate of drug-likeness (QED) is 0.615. The fraction of sp³-hybridized carbons (Fsp3) is 0.250. The molecular weight excluding hydrogens is 412 g/mol. The smallest absolute Gasteiger partial charge is 0.278 e. The number of nitrogens with zero attached hydrogens (tertiary/aromatic N) is 4. The van der Waals surface area contributed by atoms with Crippen molar-refractivity contribution in [3.63, 3.8) is 0 Å². The molecule has 0 atom stereocenters. The molecule has 0 saturated heterocycles. The van der Waals surface area contributed by atoms with Crippen LogP contribution in [0.3, 0.4) is 0 Å². The van der Waals surface area contributed by atoms with Crippen LogP contribution >= 0.6 is 0 Å². The van der Waals surface area contributed by atoms with E-state index in [1.165, 1.54) is 18.7 Å². The Bertz CT molecular complexity index is 1120. The molecule has 3 aromatic rings. The first-order chi connectivity index (χ1) is 14.9. The third-order valence-corrected chi connectivity index (χ3v) is 4.66. The summed E-state index contributed by atoms with van der Waals surface area (Å²) in [5, 5.41) is 2.64. The van der Waals surface area contributed by atoms with E-state index in [9.17, 15) is 18.4 Å². The molecular formula is C20H17F2N5O4. The molecule has 9 nitrogen and oxygen atoms in total. The van der Waals surface area contributed by atoms with Crippen LogP contribution in [0.15, 0.2) is 41.6 Å². The Morgan fingerprint density at radius 3 is 2.90 bits per heavy atom. The van der Waals surface area contributed by atoms with E-state index in [0.29, 0.717) is 22.4 Å². The third kappa shape index (κ3) is 4.34. The molecule has 0 aliphatic carbocycles. The number of hydrogen-bond donors (Lipinski definition) is 1. The van der Waals surface area contributed by atoms with Crippen molar-refractivity contribution in [3.05, 3.63) is 65.3 Å². The number of rotatable bonds is 7. The van der Waals surface area contributed by atoms with Gasteiger partial charge in [-0.2, -0.15) is 0 Å². The van der Waals surface area contributed by atoms with Gasteiger partial charge in [-0.3, -0.25) is 14.6 Å². The number of alkyl halides is 2. The van der Waals surface area contributed by atoms with Crippen molar-refractivity contribution in [1.29, 1.82) is 0 Å². The molecule has 0 spiro atoms. The summed E-state index contributed by atoms with van der Waals surface area (Å²) in [5.41, 5.74) is 2.31. The molecule has 2 amide bonds. The molecule has 1 N–H and O–H groups in total. The molecule has 3 aromatic heterocycles. The van der Waals surface area contributed by atoms with Gasteiger partial charge < -0.3 is 19.4 Å². The minimum Gasteiger partial charge on any atom is -0.486 e. The largest absolute Gasteiger partial charge is 0.486 e. The predicted octanol–water partition coefficient (Wildman–Crippen LogP) is 2.83. The average Bonchev–Trinajstić information content (AvgIpc) is 3.37. The number of oxazole rings is 1. The van der Waals surface area contributed by atoms with E-state index in [-0.39, 0.29) is 36.3 Å². The molecule has 4 heterocycles. The van der Waals surface area contributed by atoms with E-state index in [2.05, 4.69) is 20.3 Å². The number of carbonyl (C=O) groups excluding carboxylic acids is 2. The highest BCUT2D eigenvalue weighted by Gasteiger charge is 2.31. The summed E-state index contributed by atoms with van der Waals surface area (Å²) in [6, 6.07) is 3.27. The Hall–Kier alpha value is -3.89. The third-order valence-electron chi connectivity index (χ3n) is 4.66. The molecule has 0 bridgehead atoms. The summed E-state index contributed by atoms with van der Waals surface area (Å²) < 4.78 is 34.5. The van der Waals surface area contributed by atoms with Crippen LogP contribution in [0.25, 0.3) is 0 Å². The Kier molecular flexibility index (Phi) is 5.56. The van der Waals surface area contributed by atoms with Crippen molar-refractivity contribution in [2.45, 2.75) is 26.4 Å². The summed E-state index contributed by atoms with van der Waals surface area (Å²) in [7, 11) is 0. The minimum absolute atomic E-state index is 0.0920. The second-order valence-electron chi connectivity index (χ2n) is 6.82. The number of anilines is 1. The fourth-order valence-corrected chi connectivity index (χ4v) is 3.21. The van der Waals surface area contributed by atoms with E-state index < -0.39 is 18.9 Å². The van der Waals surface area contributed by atoms with Gasteiger partial charge in [0.15, 0.2) is 12.1 Å². The first-order valence-electron chi connectivity index (χ1n) is 9.25. The van der Waals surface area contributed by atoms with Gasteiger partial charge in [0.25, 0.3) is 18.2 Å². The van der Waals surface area contributed by atoms with Crippen LogP contribution in [0.1, 0.15) is 37.7 Å². The van der Waals surface area contributed by atoms with E-state index in [0.717, 1.165) is 6.39 Å². The van der Waals surface area contributed by atoms with Gasteiger partial charge in [-0.25, -0.2) is 18.7 Å². The van der Waals surface area contributed by atoms with Crippen molar-refractivity contribution in [2.75, 3.05) is 11.9 Å². The Labute approximate surface area is 175 Å². The zero-order chi connectivity index (χ0) is 22.0. The lowest BCUT2D eigenvalue weighted by atomic mass is 10.1. The highest BCUT2D eigenvalue weighted by Crippen LogP contribution is 2.29. The second-order valence-corrected chi connectivity index (χ2v) is 6.82. The second kappa shape index (κ2) is 8.46. The van der Waals surface area contributed by atoms with Crippen LogP contribution in [-0.4, -0.2) is 44.7 Å². The summed E-state index contributed by atoms with van der Waals surface area (Å²) in [5.74, 6) is -0.201. The Balaban J connectivity index is 1.48. The minimum atomic E-state index is -2.58. The topological polar surface area (TPSA) is 110 Å². The molecule has 0 fully saturated rings. The Morgan fingerprint density at radius 2 is 2.19 bits per heavy atom. The highest BCUT2D eigenvalue weighted by atomic mass is 19.3. The van der Waals surface area contributed by atoms with Crippen molar-refractivity contribution in [2.24, 2.45) is 0 Å². The molecule has 31 heavy (non-hydrogen) atoms. The van der Waals surface area contributed by atoms with Gasteiger partial charge in [-0.1, -0.05) is 0 Å². The summed E-state index contributed by atoms with van der Waals surface area (Å²) in [6.45, 7) is 1.42. The SMILES string of the molecule is Cc1cc(CN2Cc3c(ccnc3NC(=O)c3cocn3)C2=O)ncc1OCC(F)F. The lowest BCUT2D eigenvalue weighted by Crippen LogP contribution is -2.24. The monoisotopic (exact) mass is 429 g/mol.